The summed E-state index contributed by atoms with van der Waals surface area (Å²) < 4.78 is 5.35. The second-order valence-electron chi connectivity index (χ2n) is 4.16. The van der Waals surface area contributed by atoms with Gasteiger partial charge in [0, 0.05) is 19.3 Å². The van der Waals surface area contributed by atoms with Gasteiger partial charge >= 0.3 is 0 Å². The van der Waals surface area contributed by atoms with Gasteiger partial charge in [0.2, 0.25) is 0 Å². The molecular formula is C13H15N3O. The Morgan fingerprint density at radius 2 is 2.41 bits per heavy atom. The van der Waals surface area contributed by atoms with Crippen LogP contribution in [0.3, 0.4) is 0 Å². The summed E-state index contributed by atoms with van der Waals surface area (Å²) in [5, 5.41) is 7.72. The molecule has 0 fully saturated rings. The van der Waals surface area contributed by atoms with Crippen molar-refractivity contribution in [1.82, 2.24) is 10.3 Å². The Bertz CT molecular complexity index is 544. The lowest BCUT2D eigenvalue weighted by atomic mass is 10.1. The van der Waals surface area contributed by atoms with Crippen LogP contribution in [0.25, 0.3) is 11.0 Å². The summed E-state index contributed by atoms with van der Waals surface area (Å²) >= 11 is 0. The van der Waals surface area contributed by atoms with Crippen molar-refractivity contribution in [3.63, 3.8) is 0 Å². The van der Waals surface area contributed by atoms with Gasteiger partial charge in [0.15, 0.2) is 0 Å². The standard InChI is InChI=1S/C13H15N3O/c1-5-14-6-2-10(1)9-16-13-11-4-8-17-12(11)3-7-15-13/h1,3-4,7-8,14H,2,5-6,9H2,(H,15,16). The molecular weight excluding hydrogens is 214 g/mol. The lowest BCUT2D eigenvalue weighted by Crippen LogP contribution is -2.23. The van der Waals surface area contributed by atoms with Crippen LogP contribution >= 0.6 is 0 Å². The first-order valence-electron chi connectivity index (χ1n) is 5.88. The lowest BCUT2D eigenvalue weighted by Gasteiger charge is -2.15. The molecule has 0 aromatic carbocycles. The molecule has 0 atom stereocenters. The van der Waals surface area contributed by atoms with E-state index in [9.17, 15) is 0 Å². The van der Waals surface area contributed by atoms with Crippen LogP contribution in [-0.4, -0.2) is 24.6 Å². The number of aromatic nitrogens is 1. The molecule has 4 nitrogen and oxygen atoms in total. The molecule has 0 unspecified atom stereocenters. The Kier molecular flexibility index (Phi) is 2.80. The molecule has 2 N–H and O–H groups in total. The van der Waals surface area contributed by atoms with Crippen LogP contribution in [0.4, 0.5) is 5.82 Å². The molecule has 2 aromatic rings. The molecule has 1 aliphatic heterocycles. The summed E-state index contributed by atoms with van der Waals surface area (Å²) in [5.74, 6) is 0.899. The van der Waals surface area contributed by atoms with E-state index in [-0.39, 0.29) is 0 Å². The fourth-order valence-electron chi connectivity index (χ4n) is 2.06. The summed E-state index contributed by atoms with van der Waals surface area (Å²) in [7, 11) is 0. The number of nitrogens with one attached hydrogen (secondary N) is 2. The minimum atomic E-state index is 0.860. The zero-order chi connectivity index (χ0) is 11.5. The molecule has 1 aliphatic rings. The van der Waals surface area contributed by atoms with E-state index in [0.29, 0.717) is 0 Å². The SMILES string of the molecule is C1=C(CNc2nccc3occc23)CCNC1. The van der Waals surface area contributed by atoms with Crippen molar-refractivity contribution in [1.29, 1.82) is 0 Å². The van der Waals surface area contributed by atoms with E-state index >= 15 is 0 Å². The van der Waals surface area contributed by atoms with E-state index in [1.165, 1.54) is 5.57 Å². The van der Waals surface area contributed by atoms with Crippen molar-refractivity contribution in [3.05, 3.63) is 36.2 Å². The van der Waals surface area contributed by atoms with Crippen LogP contribution in [0.2, 0.25) is 0 Å². The molecule has 3 heterocycles. The molecule has 17 heavy (non-hydrogen) atoms. The average molecular weight is 229 g/mol. The number of anilines is 1. The Morgan fingerprint density at radius 3 is 3.29 bits per heavy atom. The van der Waals surface area contributed by atoms with Crippen molar-refractivity contribution >= 4 is 16.8 Å². The molecule has 0 saturated heterocycles. The molecule has 0 bridgehead atoms. The first-order valence-corrected chi connectivity index (χ1v) is 5.88. The summed E-state index contributed by atoms with van der Waals surface area (Å²) in [6, 6.07) is 3.83. The van der Waals surface area contributed by atoms with Gasteiger partial charge in [-0.3, -0.25) is 0 Å². The highest BCUT2D eigenvalue weighted by Gasteiger charge is 2.06. The maximum atomic E-state index is 5.35. The number of furan rings is 1. The lowest BCUT2D eigenvalue weighted by molar-refractivity contribution is 0.615. The molecule has 0 radical (unpaired) electrons. The van der Waals surface area contributed by atoms with E-state index in [0.717, 1.165) is 42.8 Å². The molecule has 2 aromatic heterocycles. The van der Waals surface area contributed by atoms with E-state index in [1.54, 1.807) is 12.5 Å². The van der Waals surface area contributed by atoms with E-state index in [1.807, 2.05) is 12.1 Å². The highest BCUT2D eigenvalue weighted by atomic mass is 16.3. The van der Waals surface area contributed by atoms with Crippen LogP contribution in [0.5, 0.6) is 0 Å². The van der Waals surface area contributed by atoms with Crippen molar-refractivity contribution in [2.75, 3.05) is 25.0 Å². The Labute approximate surface area is 99.7 Å². The minimum Gasteiger partial charge on any atom is -0.464 e. The van der Waals surface area contributed by atoms with E-state index < -0.39 is 0 Å². The van der Waals surface area contributed by atoms with Gasteiger partial charge in [-0.15, -0.1) is 0 Å². The number of hydrogen-bond donors (Lipinski definition) is 2. The summed E-state index contributed by atoms with van der Waals surface area (Å²) in [5.41, 5.74) is 2.31. The largest absolute Gasteiger partial charge is 0.464 e. The zero-order valence-corrected chi connectivity index (χ0v) is 9.57. The summed E-state index contributed by atoms with van der Waals surface area (Å²) in [6.45, 7) is 2.90. The molecule has 4 heteroatoms. The number of fused-ring (bicyclic) bond motifs is 1. The van der Waals surface area contributed by atoms with Crippen molar-refractivity contribution in [2.24, 2.45) is 0 Å². The van der Waals surface area contributed by atoms with Gasteiger partial charge < -0.3 is 15.1 Å². The van der Waals surface area contributed by atoms with Gasteiger partial charge in [-0.05, 0) is 25.1 Å². The average Bonchev–Trinajstić information content (AvgIpc) is 2.86. The Morgan fingerprint density at radius 1 is 1.41 bits per heavy atom. The predicted octanol–water partition coefficient (Wildman–Crippen LogP) is 2.16. The second-order valence-corrected chi connectivity index (χ2v) is 4.16. The van der Waals surface area contributed by atoms with Gasteiger partial charge in [0.05, 0.1) is 11.6 Å². The van der Waals surface area contributed by atoms with Gasteiger partial charge in [-0.25, -0.2) is 4.98 Å². The zero-order valence-electron chi connectivity index (χ0n) is 9.57. The molecule has 88 valence electrons. The van der Waals surface area contributed by atoms with Crippen molar-refractivity contribution in [2.45, 2.75) is 6.42 Å². The van der Waals surface area contributed by atoms with Gasteiger partial charge in [-0.2, -0.15) is 0 Å². The Balaban J connectivity index is 1.76. The molecule has 3 rings (SSSR count). The third-order valence-corrected chi connectivity index (χ3v) is 3.02. The van der Waals surface area contributed by atoms with Crippen LogP contribution < -0.4 is 10.6 Å². The number of nitrogens with zero attached hydrogens (tertiary/aromatic N) is 1. The number of rotatable bonds is 3. The normalized spacial score (nSPS) is 15.9. The van der Waals surface area contributed by atoms with Crippen LogP contribution in [0.1, 0.15) is 6.42 Å². The van der Waals surface area contributed by atoms with E-state index in [2.05, 4.69) is 21.7 Å². The highest BCUT2D eigenvalue weighted by molar-refractivity contribution is 5.87. The predicted molar refractivity (Wildman–Crippen MR) is 68.1 cm³/mol. The van der Waals surface area contributed by atoms with Crippen LogP contribution in [-0.2, 0) is 0 Å². The molecule has 0 spiro atoms. The molecule has 0 saturated carbocycles. The fraction of sp³-hybridized carbons (Fsp3) is 0.308. The summed E-state index contributed by atoms with van der Waals surface area (Å²) in [4.78, 5) is 4.35. The minimum absolute atomic E-state index is 0.860. The van der Waals surface area contributed by atoms with Gasteiger partial charge in [0.1, 0.15) is 11.4 Å². The topological polar surface area (TPSA) is 50.1 Å². The Hall–Kier alpha value is -1.81. The second kappa shape index (κ2) is 4.59. The fourth-order valence-corrected chi connectivity index (χ4v) is 2.06. The maximum Gasteiger partial charge on any atom is 0.139 e. The first-order chi connectivity index (χ1) is 8.43. The molecule has 0 aliphatic carbocycles. The molecule has 0 amide bonds. The number of pyridine rings is 1. The van der Waals surface area contributed by atoms with Gasteiger partial charge in [0.25, 0.3) is 0 Å². The monoisotopic (exact) mass is 229 g/mol. The quantitative estimate of drug-likeness (QED) is 0.792. The van der Waals surface area contributed by atoms with Crippen LogP contribution in [0.15, 0.2) is 40.7 Å². The number of hydrogen-bond acceptors (Lipinski definition) is 4. The summed E-state index contributed by atoms with van der Waals surface area (Å²) in [6.07, 6.45) is 6.81. The van der Waals surface area contributed by atoms with Gasteiger partial charge in [-0.1, -0.05) is 11.6 Å². The third-order valence-electron chi connectivity index (χ3n) is 3.02. The van der Waals surface area contributed by atoms with E-state index in [4.69, 9.17) is 4.42 Å². The first kappa shape index (κ1) is 10.4. The maximum absolute atomic E-state index is 5.35. The van der Waals surface area contributed by atoms with Crippen molar-refractivity contribution < 1.29 is 4.42 Å². The third kappa shape index (κ3) is 2.17. The highest BCUT2D eigenvalue weighted by Crippen LogP contribution is 2.22. The van der Waals surface area contributed by atoms with Crippen LogP contribution in [0, 0.1) is 0 Å². The van der Waals surface area contributed by atoms with Crippen molar-refractivity contribution in [3.8, 4) is 0 Å². The smallest absolute Gasteiger partial charge is 0.139 e.